The van der Waals surface area contributed by atoms with Crippen LogP contribution in [0.15, 0.2) is 82.8 Å². The Bertz CT molecular complexity index is 1200. The molecule has 0 aromatic heterocycles. The molecule has 0 heterocycles. The first-order valence-electron chi connectivity index (χ1n) is 9.36. The van der Waals surface area contributed by atoms with Crippen molar-refractivity contribution in [2.45, 2.75) is 25.7 Å². The Morgan fingerprint density at radius 3 is 2.20 bits per heavy atom. The number of nitrogens with one attached hydrogen (secondary N) is 2. The number of rotatable bonds is 6. The van der Waals surface area contributed by atoms with Gasteiger partial charge in [-0.1, -0.05) is 47.5 Å². The van der Waals surface area contributed by atoms with E-state index in [1.165, 1.54) is 12.1 Å². The molecule has 0 fully saturated rings. The predicted molar refractivity (Wildman–Crippen MR) is 119 cm³/mol. The lowest BCUT2D eigenvalue weighted by atomic mass is 10.1. The van der Waals surface area contributed by atoms with Crippen LogP contribution in [0.2, 0.25) is 0 Å². The molecule has 0 atom stereocenters. The number of carbonyl (C=O) groups excluding carboxylic acids is 1. The van der Waals surface area contributed by atoms with Crippen LogP contribution in [0.1, 0.15) is 34.0 Å². The van der Waals surface area contributed by atoms with E-state index in [1.54, 1.807) is 49.4 Å². The van der Waals surface area contributed by atoms with E-state index in [1.807, 2.05) is 32.0 Å². The fraction of sp³-hybridized carbons (Fsp3) is 0.130. The highest BCUT2D eigenvalue weighted by Crippen LogP contribution is 2.15. The smallest absolute Gasteiger partial charge is 0.276 e. The number of nitrogens with zero attached hydrogens (tertiary/aromatic N) is 1. The Labute approximate surface area is 176 Å². The van der Waals surface area contributed by atoms with Crippen molar-refractivity contribution >= 4 is 27.3 Å². The quantitative estimate of drug-likeness (QED) is 0.460. The monoisotopic (exact) mass is 421 g/mol. The Kier molecular flexibility index (Phi) is 6.32. The maximum Gasteiger partial charge on any atom is 0.276 e. The van der Waals surface area contributed by atoms with Crippen molar-refractivity contribution in [3.63, 3.8) is 0 Å². The Hall–Kier alpha value is -3.45. The zero-order valence-electron chi connectivity index (χ0n) is 17.0. The van der Waals surface area contributed by atoms with Crippen molar-refractivity contribution in [2.24, 2.45) is 5.10 Å². The molecule has 3 rings (SSSR count). The third kappa shape index (κ3) is 5.33. The van der Waals surface area contributed by atoms with Gasteiger partial charge in [0.25, 0.3) is 15.9 Å². The molecule has 0 aliphatic carbocycles. The van der Waals surface area contributed by atoms with E-state index in [0.29, 0.717) is 22.5 Å². The Balaban J connectivity index is 1.74. The first kappa shape index (κ1) is 21.3. The van der Waals surface area contributed by atoms with Crippen molar-refractivity contribution in [2.75, 3.05) is 5.32 Å². The highest BCUT2D eigenvalue weighted by molar-refractivity contribution is 7.89. The normalized spacial score (nSPS) is 11.8. The second kappa shape index (κ2) is 8.92. The number of hydrogen-bond acceptors (Lipinski definition) is 4. The van der Waals surface area contributed by atoms with Crippen LogP contribution >= 0.6 is 0 Å². The summed E-state index contributed by atoms with van der Waals surface area (Å²) in [6.45, 7) is 5.50. The van der Waals surface area contributed by atoms with Crippen LogP contribution in [0.5, 0.6) is 0 Å². The zero-order chi connectivity index (χ0) is 21.7. The van der Waals surface area contributed by atoms with Crippen molar-refractivity contribution in [1.29, 1.82) is 0 Å². The molecule has 0 aliphatic rings. The third-order valence-corrected chi connectivity index (χ3v) is 5.71. The molecule has 0 bridgehead atoms. The second-order valence-electron chi connectivity index (χ2n) is 7.01. The average molecular weight is 422 g/mol. The van der Waals surface area contributed by atoms with Gasteiger partial charge in [0.2, 0.25) is 0 Å². The van der Waals surface area contributed by atoms with Gasteiger partial charge in [-0.15, -0.1) is 0 Å². The molecule has 6 nitrogen and oxygen atoms in total. The standard InChI is InChI=1S/C23H23N3O3S/c1-16-10-12-22(13-11-16)30(28,29)26-25-18(3)19-7-5-9-21(15-19)24-23(27)20-8-4-6-17(2)14-20/h4-15,26H,1-3H3,(H,24,27)/b25-18-. The van der Waals surface area contributed by atoms with Gasteiger partial charge in [0.05, 0.1) is 10.6 Å². The topological polar surface area (TPSA) is 87.6 Å². The summed E-state index contributed by atoms with van der Waals surface area (Å²) in [6, 6.07) is 20.9. The van der Waals surface area contributed by atoms with Crippen molar-refractivity contribution in [1.82, 2.24) is 4.83 Å². The number of carbonyl (C=O) groups is 1. The average Bonchev–Trinajstić information content (AvgIpc) is 2.72. The Morgan fingerprint density at radius 1 is 0.833 bits per heavy atom. The number of benzene rings is 3. The highest BCUT2D eigenvalue weighted by atomic mass is 32.2. The lowest BCUT2D eigenvalue weighted by molar-refractivity contribution is 0.102. The number of anilines is 1. The maximum absolute atomic E-state index is 12.5. The molecule has 0 radical (unpaired) electrons. The molecule has 7 heteroatoms. The van der Waals surface area contributed by atoms with Crippen LogP contribution in [0.3, 0.4) is 0 Å². The van der Waals surface area contributed by atoms with Gasteiger partial charge in [-0.2, -0.15) is 18.4 Å². The lowest BCUT2D eigenvalue weighted by Crippen LogP contribution is -2.20. The van der Waals surface area contributed by atoms with Gasteiger partial charge >= 0.3 is 0 Å². The van der Waals surface area contributed by atoms with Crippen LogP contribution in [0.25, 0.3) is 0 Å². The largest absolute Gasteiger partial charge is 0.322 e. The third-order valence-electron chi connectivity index (χ3n) is 4.48. The van der Waals surface area contributed by atoms with Crippen LogP contribution in [-0.2, 0) is 10.0 Å². The van der Waals surface area contributed by atoms with Gasteiger partial charge in [-0.25, -0.2) is 0 Å². The second-order valence-corrected chi connectivity index (χ2v) is 8.67. The fourth-order valence-electron chi connectivity index (χ4n) is 2.77. The van der Waals surface area contributed by atoms with E-state index in [9.17, 15) is 13.2 Å². The summed E-state index contributed by atoms with van der Waals surface area (Å²) >= 11 is 0. The van der Waals surface area contributed by atoms with E-state index in [-0.39, 0.29) is 10.8 Å². The minimum atomic E-state index is -3.76. The molecule has 0 unspecified atom stereocenters. The molecule has 2 N–H and O–H groups in total. The summed E-state index contributed by atoms with van der Waals surface area (Å²) < 4.78 is 24.8. The summed E-state index contributed by atoms with van der Waals surface area (Å²) in [5.74, 6) is -0.217. The number of aryl methyl sites for hydroxylation is 2. The molecule has 0 saturated heterocycles. The summed E-state index contributed by atoms with van der Waals surface area (Å²) in [5, 5.41) is 6.87. The zero-order valence-corrected chi connectivity index (χ0v) is 17.8. The predicted octanol–water partition coefficient (Wildman–Crippen LogP) is 4.26. The van der Waals surface area contributed by atoms with E-state index in [0.717, 1.165) is 11.1 Å². The number of hydrazone groups is 1. The van der Waals surface area contributed by atoms with Crippen molar-refractivity contribution in [3.8, 4) is 0 Å². The maximum atomic E-state index is 12.5. The van der Waals surface area contributed by atoms with E-state index < -0.39 is 10.0 Å². The molecular formula is C23H23N3O3S. The van der Waals surface area contributed by atoms with Crippen molar-refractivity contribution in [3.05, 3.63) is 95.1 Å². The molecule has 0 saturated carbocycles. The minimum Gasteiger partial charge on any atom is -0.322 e. The summed E-state index contributed by atoms with van der Waals surface area (Å²) in [5.41, 5.74) is 4.28. The Morgan fingerprint density at radius 2 is 1.50 bits per heavy atom. The van der Waals surface area contributed by atoms with E-state index in [4.69, 9.17) is 0 Å². The SMILES string of the molecule is C/C(=N/NS(=O)(=O)c1ccc(C)cc1)c1cccc(NC(=O)c2cccc(C)c2)c1. The van der Waals surface area contributed by atoms with Crippen LogP contribution in [0, 0.1) is 13.8 Å². The first-order chi connectivity index (χ1) is 14.2. The lowest BCUT2D eigenvalue weighted by Gasteiger charge is -2.09. The van der Waals surface area contributed by atoms with Gasteiger partial charge in [0, 0.05) is 11.3 Å². The van der Waals surface area contributed by atoms with Crippen LogP contribution < -0.4 is 10.1 Å². The number of sulfonamides is 1. The van der Waals surface area contributed by atoms with E-state index in [2.05, 4.69) is 15.2 Å². The molecule has 154 valence electrons. The number of amides is 1. The van der Waals surface area contributed by atoms with Crippen molar-refractivity contribution < 1.29 is 13.2 Å². The highest BCUT2D eigenvalue weighted by Gasteiger charge is 2.13. The van der Waals surface area contributed by atoms with Crippen LogP contribution in [-0.4, -0.2) is 20.0 Å². The first-order valence-corrected chi connectivity index (χ1v) is 10.8. The molecule has 0 spiro atoms. The fourth-order valence-corrected chi connectivity index (χ4v) is 3.63. The molecule has 1 amide bonds. The molecule has 3 aromatic carbocycles. The molecule has 3 aromatic rings. The molecular weight excluding hydrogens is 398 g/mol. The minimum absolute atomic E-state index is 0.142. The van der Waals surface area contributed by atoms with Gasteiger partial charge in [-0.05, 0) is 62.7 Å². The van der Waals surface area contributed by atoms with E-state index >= 15 is 0 Å². The van der Waals surface area contributed by atoms with Crippen LogP contribution in [0.4, 0.5) is 5.69 Å². The molecule has 0 aliphatic heterocycles. The summed E-state index contributed by atoms with van der Waals surface area (Å²) in [6.07, 6.45) is 0. The summed E-state index contributed by atoms with van der Waals surface area (Å²) in [4.78, 5) is 14.9. The van der Waals surface area contributed by atoms with Gasteiger partial charge in [0.1, 0.15) is 0 Å². The van der Waals surface area contributed by atoms with Gasteiger partial charge < -0.3 is 5.32 Å². The van der Waals surface area contributed by atoms with Gasteiger partial charge in [0.15, 0.2) is 0 Å². The number of hydrogen-bond donors (Lipinski definition) is 2. The van der Waals surface area contributed by atoms with Gasteiger partial charge in [-0.3, -0.25) is 4.79 Å². The molecule has 30 heavy (non-hydrogen) atoms. The summed E-state index contributed by atoms with van der Waals surface area (Å²) in [7, 11) is -3.76.